The van der Waals surface area contributed by atoms with Gasteiger partial charge in [-0.15, -0.1) is 0 Å². The fourth-order valence-corrected chi connectivity index (χ4v) is 2.87. The molecule has 1 aromatic rings. The van der Waals surface area contributed by atoms with E-state index in [1.807, 2.05) is 12.3 Å². The van der Waals surface area contributed by atoms with Gasteiger partial charge in [0.25, 0.3) is 0 Å². The fourth-order valence-electron chi connectivity index (χ4n) is 2.87. The van der Waals surface area contributed by atoms with Crippen molar-refractivity contribution in [3.8, 4) is 5.88 Å². The first-order valence-electron chi connectivity index (χ1n) is 7.32. The van der Waals surface area contributed by atoms with Gasteiger partial charge in [0.05, 0.1) is 7.11 Å². The van der Waals surface area contributed by atoms with E-state index in [1.54, 1.807) is 7.11 Å². The first-order valence-corrected chi connectivity index (χ1v) is 7.32. The van der Waals surface area contributed by atoms with E-state index in [0.717, 1.165) is 19.5 Å². The number of aromatic nitrogens is 1. The molecule has 0 aromatic carbocycles. The van der Waals surface area contributed by atoms with Gasteiger partial charge in [0.1, 0.15) is 0 Å². The molecule has 1 fully saturated rings. The van der Waals surface area contributed by atoms with Crippen LogP contribution in [-0.4, -0.2) is 31.2 Å². The molecule has 2 N–H and O–H groups in total. The number of hydrogen-bond donors (Lipinski definition) is 1. The van der Waals surface area contributed by atoms with Crippen LogP contribution in [0.3, 0.4) is 0 Å². The van der Waals surface area contributed by atoms with E-state index in [1.165, 1.54) is 37.8 Å². The predicted molar refractivity (Wildman–Crippen MR) is 78.7 cm³/mol. The Morgan fingerprint density at radius 2 is 2.16 bits per heavy atom. The molecule has 19 heavy (non-hydrogen) atoms. The summed E-state index contributed by atoms with van der Waals surface area (Å²) < 4.78 is 5.23. The maximum atomic E-state index is 5.68. The maximum absolute atomic E-state index is 5.68. The molecule has 1 aromatic heterocycles. The predicted octanol–water partition coefficient (Wildman–Crippen LogP) is 2.58. The molecule has 0 radical (unpaired) electrons. The van der Waals surface area contributed by atoms with Gasteiger partial charge in [-0.2, -0.15) is 0 Å². The molecule has 2 rings (SSSR count). The van der Waals surface area contributed by atoms with Crippen molar-refractivity contribution >= 4 is 5.69 Å². The van der Waals surface area contributed by atoms with Crippen molar-refractivity contribution in [1.82, 2.24) is 4.98 Å². The summed E-state index contributed by atoms with van der Waals surface area (Å²) in [6.45, 7) is 1.76. The van der Waals surface area contributed by atoms with Crippen molar-refractivity contribution in [3.05, 3.63) is 18.3 Å². The van der Waals surface area contributed by atoms with Crippen molar-refractivity contribution < 1.29 is 4.74 Å². The number of rotatable bonds is 6. The summed E-state index contributed by atoms with van der Waals surface area (Å²) in [5, 5.41) is 0. The SMILES string of the molecule is COc1cc(N(CCCN)C2CCCCC2)ccn1. The van der Waals surface area contributed by atoms with Crippen LogP contribution in [0, 0.1) is 0 Å². The minimum absolute atomic E-state index is 0.646. The van der Waals surface area contributed by atoms with Crippen molar-refractivity contribution in [2.75, 3.05) is 25.1 Å². The van der Waals surface area contributed by atoms with Crippen LogP contribution in [0.2, 0.25) is 0 Å². The first kappa shape index (κ1) is 14.1. The third-order valence-corrected chi connectivity index (χ3v) is 3.88. The Bertz CT molecular complexity index is 377. The lowest BCUT2D eigenvalue weighted by Gasteiger charge is -2.36. The number of ether oxygens (including phenoxy) is 1. The van der Waals surface area contributed by atoms with Crippen LogP contribution in [0.5, 0.6) is 5.88 Å². The highest BCUT2D eigenvalue weighted by molar-refractivity contribution is 5.49. The van der Waals surface area contributed by atoms with Gasteiger partial charge in [0, 0.05) is 30.5 Å². The molecule has 0 amide bonds. The van der Waals surface area contributed by atoms with Gasteiger partial charge in [-0.25, -0.2) is 4.98 Å². The molecule has 0 spiro atoms. The minimum Gasteiger partial charge on any atom is -0.481 e. The summed E-state index contributed by atoms with van der Waals surface area (Å²) in [6.07, 6.45) is 9.48. The van der Waals surface area contributed by atoms with Crippen LogP contribution in [0.15, 0.2) is 18.3 Å². The molecule has 1 aliphatic carbocycles. The molecule has 1 heterocycles. The van der Waals surface area contributed by atoms with Gasteiger partial charge in [-0.1, -0.05) is 19.3 Å². The average Bonchev–Trinajstić information content (AvgIpc) is 2.49. The van der Waals surface area contributed by atoms with Gasteiger partial charge in [-0.3, -0.25) is 0 Å². The Labute approximate surface area is 116 Å². The van der Waals surface area contributed by atoms with Gasteiger partial charge in [-0.05, 0) is 31.9 Å². The van der Waals surface area contributed by atoms with Crippen molar-refractivity contribution in [3.63, 3.8) is 0 Å². The summed E-state index contributed by atoms with van der Waals surface area (Å²) >= 11 is 0. The van der Waals surface area contributed by atoms with Gasteiger partial charge >= 0.3 is 0 Å². The van der Waals surface area contributed by atoms with E-state index in [9.17, 15) is 0 Å². The van der Waals surface area contributed by atoms with E-state index in [-0.39, 0.29) is 0 Å². The van der Waals surface area contributed by atoms with Crippen LogP contribution in [0.25, 0.3) is 0 Å². The largest absolute Gasteiger partial charge is 0.481 e. The lowest BCUT2D eigenvalue weighted by molar-refractivity contribution is 0.395. The van der Waals surface area contributed by atoms with Crippen molar-refractivity contribution in [2.45, 2.75) is 44.6 Å². The average molecular weight is 263 g/mol. The van der Waals surface area contributed by atoms with E-state index >= 15 is 0 Å². The second-order valence-corrected chi connectivity index (χ2v) is 5.18. The Balaban J connectivity index is 2.14. The lowest BCUT2D eigenvalue weighted by Crippen LogP contribution is -2.38. The second-order valence-electron chi connectivity index (χ2n) is 5.18. The molecule has 0 bridgehead atoms. The normalized spacial score (nSPS) is 16.3. The summed E-state index contributed by atoms with van der Waals surface area (Å²) in [5.41, 5.74) is 6.89. The zero-order valence-corrected chi connectivity index (χ0v) is 11.8. The van der Waals surface area contributed by atoms with Crippen LogP contribution in [0.1, 0.15) is 38.5 Å². The third kappa shape index (κ3) is 3.83. The van der Waals surface area contributed by atoms with E-state index in [4.69, 9.17) is 10.5 Å². The van der Waals surface area contributed by atoms with Gasteiger partial charge in [0.15, 0.2) is 0 Å². The lowest BCUT2D eigenvalue weighted by atomic mass is 9.93. The standard InChI is InChI=1S/C15H25N3O/c1-19-15-12-14(8-10-17-15)18(11-5-9-16)13-6-3-2-4-7-13/h8,10,12-13H,2-7,9,11,16H2,1H3. The number of nitrogens with zero attached hydrogens (tertiary/aromatic N) is 2. The Morgan fingerprint density at radius 1 is 1.37 bits per heavy atom. The van der Waals surface area contributed by atoms with Crippen LogP contribution < -0.4 is 15.4 Å². The summed E-state index contributed by atoms with van der Waals surface area (Å²) in [4.78, 5) is 6.69. The molecule has 1 saturated carbocycles. The monoisotopic (exact) mass is 263 g/mol. The highest BCUT2D eigenvalue weighted by atomic mass is 16.5. The molecule has 0 unspecified atom stereocenters. The van der Waals surface area contributed by atoms with E-state index < -0.39 is 0 Å². The number of methoxy groups -OCH3 is 1. The minimum atomic E-state index is 0.646. The Kier molecular flexibility index (Phi) is 5.45. The van der Waals surface area contributed by atoms with E-state index in [2.05, 4.69) is 16.0 Å². The molecule has 1 aliphatic rings. The molecule has 106 valence electrons. The van der Waals surface area contributed by atoms with Crippen molar-refractivity contribution in [2.24, 2.45) is 5.73 Å². The van der Waals surface area contributed by atoms with Crippen LogP contribution >= 0.6 is 0 Å². The van der Waals surface area contributed by atoms with Crippen molar-refractivity contribution in [1.29, 1.82) is 0 Å². The maximum Gasteiger partial charge on any atom is 0.214 e. The molecule has 4 nitrogen and oxygen atoms in total. The number of nitrogens with two attached hydrogens (primary N) is 1. The zero-order valence-electron chi connectivity index (χ0n) is 11.8. The topological polar surface area (TPSA) is 51.4 Å². The number of pyridine rings is 1. The number of hydrogen-bond acceptors (Lipinski definition) is 4. The molecule has 0 saturated heterocycles. The molecular formula is C15H25N3O. The number of anilines is 1. The van der Waals surface area contributed by atoms with Gasteiger partial charge in [0.2, 0.25) is 5.88 Å². The third-order valence-electron chi connectivity index (χ3n) is 3.88. The fraction of sp³-hybridized carbons (Fsp3) is 0.667. The smallest absolute Gasteiger partial charge is 0.214 e. The van der Waals surface area contributed by atoms with Crippen LogP contribution in [-0.2, 0) is 0 Å². The highest BCUT2D eigenvalue weighted by Gasteiger charge is 2.21. The highest BCUT2D eigenvalue weighted by Crippen LogP contribution is 2.28. The molecular weight excluding hydrogens is 238 g/mol. The van der Waals surface area contributed by atoms with Crippen LogP contribution in [0.4, 0.5) is 5.69 Å². The summed E-state index contributed by atoms with van der Waals surface area (Å²) in [7, 11) is 1.66. The van der Waals surface area contributed by atoms with E-state index in [0.29, 0.717) is 11.9 Å². The second kappa shape index (κ2) is 7.34. The first-order chi connectivity index (χ1) is 9.35. The van der Waals surface area contributed by atoms with Gasteiger partial charge < -0.3 is 15.4 Å². The summed E-state index contributed by atoms with van der Waals surface area (Å²) in [6, 6.07) is 4.76. The zero-order chi connectivity index (χ0) is 13.5. The summed E-state index contributed by atoms with van der Waals surface area (Å²) in [5.74, 6) is 0.686. The quantitative estimate of drug-likeness (QED) is 0.857. The molecule has 0 atom stereocenters. The molecule has 0 aliphatic heterocycles. The molecule has 4 heteroatoms. The Hall–Kier alpha value is -1.29. The Morgan fingerprint density at radius 3 is 2.84 bits per heavy atom.